The van der Waals surface area contributed by atoms with E-state index in [1.807, 2.05) is 0 Å². The van der Waals surface area contributed by atoms with Crippen LogP contribution in [0.1, 0.15) is 10.8 Å². The van der Waals surface area contributed by atoms with Gasteiger partial charge in [0.1, 0.15) is 5.25 Å². The van der Waals surface area contributed by atoms with E-state index in [4.69, 9.17) is 0 Å². The fourth-order valence-electron chi connectivity index (χ4n) is 2.34. The molecule has 20 heavy (non-hydrogen) atoms. The topological polar surface area (TPSA) is 81.2 Å². The molecule has 5 nitrogen and oxygen atoms in total. The molecule has 0 saturated carbocycles. The zero-order valence-corrected chi connectivity index (χ0v) is 11.9. The number of sulfone groups is 2. The molecule has 0 N–H and O–H groups in total. The number of pyridine rings is 1. The monoisotopic (exact) mass is 309 g/mol. The minimum Gasteiger partial charge on any atom is -0.263 e. The zero-order valence-electron chi connectivity index (χ0n) is 10.3. The highest BCUT2D eigenvalue weighted by Gasteiger charge is 2.42. The third-order valence-electron chi connectivity index (χ3n) is 3.31. The quantitative estimate of drug-likeness (QED) is 0.837. The molecule has 1 aromatic heterocycles. The molecule has 2 aromatic rings. The number of nitrogens with zero attached hydrogens (tertiary/aromatic N) is 1. The maximum absolute atomic E-state index is 12.6. The summed E-state index contributed by atoms with van der Waals surface area (Å²) in [5.41, 5.74) is 0.344. The average Bonchev–Trinajstić information content (AvgIpc) is 2.73. The van der Waals surface area contributed by atoms with Crippen molar-refractivity contribution in [2.75, 3.05) is 5.75 Å². The first-order valence-electron chi connectivity index (χ1n) is 5.88. The molecular weight excluding hydrogens is 298 g/mol. The van der Waals surface area contributed by atoms with Crippen molar-refractivity contribution in [2.45, 2.75) is 15.0 Å². The number of hydrogen-bond donors (Lipinski definition) is 0. The fraction of sp³-hybridized carbons (Fsp3) is 0.154. The number of aromatic nitrogens is 1. The van der Waals surface area contributed by atoms with E-state index in [0.717, 1.165) is 0 Å². The minimum atomic E-state index is -3.76. The predicted octanol–water partition coefficient (Wildman–Crippen LogP) is 1.38. The van der Waals surface area contributed by atoms with Gasteiger partial charge in [-0.1, -0.05) is 18.2 Å². The lowest BCUT2D eigenvalue weighted by atomic mass is 10.2. The van der Waals surface area contributed by atoms with Gasteiger partial charge in [0.05, 0.1) is 15.5 Å². The van der Waals surface area contributed by atoms with Crippen LogP contribution < -0.4 is 0 Å². The van der Waals surface area contributed by atoms with Gasteiger partial charge < -0.3 is 0 Å². The van der Waals surface area contributed by atoms with Crippen LogP contribution in [0.4, 0.5) is 0 Å². The highest BCUT2D eigenvalue weighted by Crippen LogP contribution is 2.40. The van der Waals surface area contributed by atoms with E-state index in [2.05, 4.69) is 4.98 Å². The molecular formula is C13H11NO4S2. The van der Waals surface area contributed by atoms with Crippen molar-refractivity contribution >= 4 is 19.7 Å². The van der Waals surface area contributed by atoms with Gasteiger partial charge in [-0.25, -0.2) is 16.8 Å². The van der Waals surface area contributed by atoms with Gasteiger partial charge in [-0.3, -0.25) is 4.98 Å². The standard InChI is InChI=1S/C13H11NO4S2/c15-19(16)9-13(11-5-1-2-6-12(11)19)20(17,18)10-4-3-7-14-8-10/h1-8,13H,9H2. The molecule has 0 fully saturated rings. The van der Waals surface area contributed by atoms with E-state index in [0.29, 0.717) is 5.56 Å². The molecule has 3 rings (SSSR count). The van der Waals surface area contributed by atoms with Crippen LogP contribution >= 0.6 is 0 Å². The average molecular weight is 309 g/mol. The Balaban J connectivity index is 2.19. The van der Waals surface area contributed by atoms with Crippen LogP contribution in [-0.2, 0) is 19.7 Å². The van der Waals surface area contributed by atoms with Crippen LogP contribution in [0, 0.1) is 0 Å². The Morgan fingerprint density at radius 3 is 2.55 bits per heavy atom. The number of hydrogen-bond acceptors (Lipinski definition) is 5. The van der Waals surface area contributed by atoms with Crippen molar-refractivity contribution in [2.24, 2.45) is 0 Å². The summed E-state index contributed by atoms with van der Waals surface area (Å²) in [4.78, 5) is 3.93. The molecule has 1 unspecified atom stereocenters. The van der Waals surface area contributed by atoms with Gasteiger partial charge in [-0.2, -0.15) is 0 Å². The fourth-order valence-corrected chi connectivity index (χ4v) is 6.63. The molecule has 1 atom stereocenters. The van der Waals surface area contributed by atoms with Gasteiger partial charge in [-0.05, 0) is 23.8 Å². The first kappa shape index (κ1) is 13.3. The Bertz CT molecular complexity index is 858. The van der Waals surface area contributed by atoms with Crippen molar-refractivity contribution in [1.82, 2.24) is 4.98 Å². The van der Waals surface area contributed by atoms with Gasteiger partial charge in [0.2, 0.25) is 0 Å². The van der Waals surface area contributed by atoms with E-state index < -0.39 is 30.7 Å². The van der Waals surface area contributed by atoms with Crippen LogP contribution in [0.3, 0.4) is 0 Å². The SMILES string of the molecule is O=S1(=O)CC(S(=O)(=O)c2cccnc2)c2ccccc21. The van der Waals surface area contributed by atoms with E-state index >= 15 is 0 Å². The van der Waals surface area contributed by atoms with Crippen LogP contribution in [0.2, 0.25) is 0 Å². The molecule has 7 heteroatoms. The Morgan fingerprint density at radius 1 is 1.10 bits per heavy atom. The molecule has 1 aliphatic rings. The summed E-state index contributed by atoms with van der Waals surface area (Å²) >= 11 is 0. The van der Waals surface area contributed by atoms with Crippen LogP contribution in [0.25, 0.3) is 0 Å². The van der Waals surface area contributed by atoms with Crippen molar-refractivity contribution < 1.29 is 16.8 Å². The number of benzene rings is 1. The molecule has 0 bridgehead atoms. The Morgan fingerprint density at radius 2 is 1.85 bits per heavy atom. The summed E-state index contributed by atoms with van der Waals surface area (Å²) < 4.78 is 49.3. The summed E-state index contributed by atoms with van der Waals surface area (Å²) in [6.07, 6.45) is 2.71. The molecule has 1 aliphatic heterocycles. The van der Waals surface area contributed by atoms with Crippen molar-refractivity contribution in [3.8, 4) is 0 Å². The molecule has 104 valence electrons. The Kier molecular flexibility index (Phi) is 2.91. The first-order chi connectivity index (χ1) is 9.43. The molecule has 0 amide bonds. The molecule has 2 heterocycles. The zero-order chi connectivity index (χ0) is 14.4. The van der Waals surface area contributed by atoms with Gasteiger partial charge in [0, 0.05) is 12.4 Å². The summed E-state index contributed by atoms with van der Waals surface area (Å²) in [5.74, 6) is -0.413. The van der Waals surface area contributed by atoms with Gasteiger partial charge in [0.25, 0.3) is 0 Å². The molecule has 0 saturated heterocycles. The maximum atomic E-state index is 12.6. The lowest BCUT2D eigenvalue weighted by Crippen LogP contribution is -2.15. The van der Waals surface area contributed by atoms with Crippen molar-refractivity contribution in [3.63, 3.8) is 0 Å². The lowest BCUT2D eigenvalue weighted by Gasteiger charge is -2.11. The second-order valence-electron chi connectivity index (χ2n) is 4.54. The molecule has 0 radical (unpaired) electrons. The normalized spacial score (nSPS) is 20.5. The maximum Gasteiger partial charge on any atom is 0.187 e. The highest BCUT2D eigenvalue weighted by molar-refractivity contribution is 7.96. The van der Waals surface area contributed by atoms with Crippen LogP contribution in [-0.4, -0.2) is 27.6 Å². The number of rotatable bonds is 2. The lowest BCUT2D eigenvalue weighted by molar-refractivity contribution is 0.582. The van der Waals surface area contributed by atoms with Gasteiger partial charge >= 0.3 is 0 Å². The summed E-state index contributed by atoms with van der Waals surface area (Å²) in [6.45, 7) is 0. The summed E-state index contributed by atoms with van der Waals surface area (Å²) in [7, 11) is -7.31. The summed E-state index contributed by atoms with van der Waals surface area (Å²) in [5, 5.41) is -1.06. The van der Waals surface area contributed by atoms with E-state index in [9.17, 15) is 16.8 Å². The van der Waals surface area contributed by atoms with Gasteiger partial charge in [0.15, 0.2) is 19.7 Å². The minimum absolute atomic E-state index is 0.0388. The van der Waals surface area contributed by atoms with E-state index in [1.165, 1.54) is 30.6 Å². The third-order valence-corrected chi connectivity index (χ3v) is 7.40. The largest absolute Gasteiger partial charge is 0.263 e. The predicted molar refractivity (Wildman–Crippen MR) is 72.7 cm³/mol. The second kappa shape index (κ2) is 4.39. The van der Waals surface area contributed by atoms with Crippen molar-refractivity contribution in [3.05, 3.63) is 54.4 Å². The third kappa shape index (κ3) is 1.94. The summed E-state index contributed by atoms with van der Waals surface area (Å²) in [6, 6.07) is 9.18. The number of fused-ring (bicyclic) bond motifs is 1. The molecule has 0 spiro atoms. The van der Waals surface area contributed by atoms with Crippen molar-refractivity contribution in [1.29, 1.82) is 0 Å². The first-order valence-corrected chi connectivity index (χ1v) is 9.08. The van der Waals surface area contributed by atoms with Crippen LogP contribution in [0.5, 0.6) is 0 Å². The highest BCUT2D eigenvalue weighted by atomic mass is 32.2. The molecule has 1 aromatic carbocycles. The van der Waals surface area contributed by atoms with E-state index in [-0.39, 0.29) is 9.79 Å². The second-order valence-corrected chi connectivity index (χ2v) is 8.67. The van der Waals surface area contributed by atoms with Crippen LogP contribution in [0.15, 0.2) is 58.6 Å². The Labute approximate surface area is 117 Å². The van der Waals surface area contributed by atoms with E-state index in [1.54, 1.807) is 18.2 Å². The van der Waals surface area contributed by atoms with Gasteiger partial charge in [-0.15, -0.1) is 0 Å². The molecule has 0 aliphatic carbocycles. The Hall–Kier alpha value is -1.73. The smallest absolute Gasteiger partial charge is 0.187 e.